The van der Waals surface area contributed by atoms with Gasteiger partial charge in [-0.05, 0) is 54.7 Å². The number of ether oxygens (including phenoxy) is 2. The number of aryl methyl sites for hydroxylation is 1. The number of carbonyl (C=O) groups is 1. The summed E-state index contributed by atoms with van der Waals surface area (Å²) in [6.45, 7) is 7.16. The van der Waals surface area contributed by atoms with E-state index in [0.717, 1.165) is 10.6 Å². The predicted octanol–water partition coefficient (Wildman–Crippen LogP) is 5.62. The first kappa shape index (κ1) is 23.7. The summed E-state index contributed by atoms with van der Waals surface area (Å²) in [4.78, 5) is 20.6. The first-order chi connectivity index (χ1) is 15.3. The van der Waals surface area contributed by atoms with Crippen molar-refractivity contribution in [3.8, 4) is 21.9 Å². The van der Waals surface area contributed by atoms with E-state index in [1.165, 1.54) is 23.5 Å². The SMILES string of the molecule is COc1ccc(CCN(CC(C)C)C(=O)c2nc(C)sc2-c2cccc(F)c2)cc1OC. The van der Waals surface area contributed by atoms with Crippen molar-refractivity contribution in [1.29, 1.82) is 0 Å². The zero-order valence-electron chi connectivity index (χ0n) is 19.1. The van der Waals surface area contributed by atoms with Crippen LogP contribution in [0.15, 0.2) is 42.5 Å². The fourth-order valence-corrected chi connectivity index (χ4v) is 4.47. The number of halogens is 1. The van der Waals surface area contributed by atoms with E-state index in [1.807, 2.05) is 36.1 Å². The number of rotatable bonds is 9. The number of methoxy groups -OCH3 is 2. The molecule has 1 heterocycles. The summed E-state index contributed by atoms with van der Waals surface area (Å²) in [5.74, 6) is 1.16. The molecule has 0 aliphatic carbocycles. The number of nitrogens with zero attached hydrogens (tertiary/aromatic N) is 2. The molecule has 1 aromatic heterocycles. The molecule has 0 saturated heterocycles. The highest BCUT2D eigenvalue weighted by atomic mass is 32.1. The third kappa shape index (κ3) is 5.65. The second-order valence-electron chi connectivity index (χ2n) is 8.01. The van der Waals surface area contributed by atoms with Gasteiger partial charge in [0.2, 0.25) is 0 Å². The lowest BCUT2D eigenvalue weighted by molar-refractivity contribution is 0.0733. The van der Waals surface area contributed by atoms with Crippen molar-refractivity contribution in [3.63, 3.8) is 0 Å². The van der Waals surface area contributed by atoms with E-state index in [1.54, 1.807) is 20.3 Å². The van der Waals surface area contributed by atoms with E-state index in [0.29, 0.717) is 53.1 Å². The van der Waals surface area contributed by atoms with Gasteiger partial charge in [-0.15, -0.1) is 11.3 Å². The second kappa shape index (κ2) is 10.6. The van der Waals surface area contributed by atoms with Gasteiger partial charge in [0.05, 0.1) is 24.1 Å². The van der Waals surface area contributed by atoms with E-state index >= 15 is 0 Å². The number of carbonyl (C=O) groups excluding carboxylic acids is 1. The lowest BCUT2D eigenvalue weighted by atomic mass is 10.1. The summed E-state index contributed by atoms with van der Waals surface area (Å²) in [6.07, 6.45) is 0.664. The largest absolute Gasteiger partial charge is 0.493 e. The second-order valence-corrected chi connectivity index (χ2v) is 9.21. The minimum atomic E-state index is -0.334. The monoisotopic (exact) mass is 456 g/mol. The smallest absolute Gasteiger partial charge is 0.274 e. The van der Waals surface area contributed by atoms with Crippen LogP contribution >= 0.6 is 11.3 Å². The van der Waals surface area contributed by atoms with E-state index in [-0.39, 0.29) is 11.7 Å². The maximum absolute atomic E-state index is 13.8. The van der Waals surface area contributed by atoms with Crippen LogP contribution in [0.5, 0.6) is 11.5 Å². The van der Waals surface area contributed by atoms with Crippen LogP contribution in [0.25, 0.3) is 10.4 Å². The molecule has 0 radical (unpaired) electrons. The van der Waals surface area contributed by atoms with E-state index in [2.05, 4.69) is 18.8 Å². The highest BCUT2D eigenvalue weighted by Gasteiger charge is 2.24. The molecular formula is C25H29FN2O3S. The maximum atomic E-state index is 13.8. The number of thiazole rings is 1. The van der Waals surface area contributed by atoms with Crippen LogP contribution in [0, 0.1) is 18.7 Å². The van der Waals surface area contributed by atoms with Gasteiger partial charge in [0, 0.05) is 13.1 Å². The molecule has 3 aromatic rings. The molecule has 7 heteroatoms. The minimum Gasteiger partial charge on any atom is -0.493 e. The van der Waals surface area contributed by atoms with Crippen molar-refractivity contribution >= 4 is 17.2 Å². The standard InChI is InChI=1S/C25H29FN2O3S/c1-16(2)15-28(12-11-18-9-10-21(30-4)22(13-18)31-5)25(29)23-24(32-17(3)27-23)19-7-6-8-20(26)14-19/h6-10,13-14,16H,11-12,15H2,1-5H3. The van der Waals surface area contributed by atoms with Gasteiger partial charge >= 0.3 is 0 Å². The fourth-order valence-electron chi connectivity index (χ4n) is 3.56. The molecule has 32 heavy (non-hydrogen) atoms. The number of aromatic nitrogens is 1. The minimum absolute atomic E-state index is 0.136. The van der Waals surface area contributed by atoms with Crippen molar-refractivity contribution in [2.75, 3.05) is 27.3 Å². The molecule has 0 bridgehead atoms. The Labute approximate surface area is 192 Å². The van der Waals surface area contributed by atoms with E-state index in [4.69, 9.17) is 9.47 Å². The van der Waals surface area contributed by atoms with Gasteiger partial charge in [-0.25, -0.2) is 9.37 Å². The molecule has 0 saturated carbocycles. The van der Waals surface area contributed by atoms with Gasteiger partial charge in [-0.3, -0.25) is 4.79 Å². The Morgan fingerprint density at radius 2 is 1.88 bits per heavy atom. The molecule has 3 rings (SSSR count). The average Bonchev–Trinajstić information content (AvgIpc) is 3.17. The molecule has 5 nitrogen and oxygen atoms in total. The lowest BCUT2D eigenvalue weighted by Gasteiger charge is -2.24. The van der Waals surface area contributed by atoms with Crippen molar-refractivity contribution < 1.29 is 18.7 Å². The number of benzene rings is 2. The Morgan fingerprint density at radius 1 is 1.12 bits per heavy atom. The summed E-state index contributed by atoms with van der Waals surface area (Å²) in [6, 6.07) is 12.1. The van der Waals surface area contributed by atoms with Crippen molar-refractivity contribution in [1.82, 2.24) is 9.88 Å². The van der Waals surface area contributed by atoms with Gasteiger partial charge in [0.25, 0.3) is 5.91 Å². The molecule has 1 amide bonds. The van der Waals surface area contributed by atoms with Crippen LogP contribution in [0.4, 0.5) is 4.39 Å². The Kier molecular flexibility index (Phi) is 7.85. The Morgan fingerprint density at radius 3 is 2.53 bits per heavy atom. The molecule has 0 unspecified atom stereocenters. The zero-order valence-corrected chi connectivity index (χ0v) is 20.0. The Balaban J connectivity index is 1.86. The molecule has 0 N–H and O–H groups in total. The number of hydrogen-bond acceptors (Lipinski definition) is 5. The first-order valence-electron chi connectivity index (χ1n) is 10.6. The molecule has 0 aliphatic rings. The van der Waals surface area contributed by atoms with Crippen LogP contribution in [0.2, 0.25) is 0 Å². The Hall–Kier alpha value is -2.93. The summed E-state index contributed by atoms with van der Waals surface area (Å²) in [5, 5.41) is 0.775. The summed E-state index contributed by atoms with van der Waals surface area (Å²) in [7, 11) is 3.21. The van der Waals surface area contributed by atoms with Crippen LogP contribution in [0.1, 0.15) is 34.9 Å². The van der Waals surface area contributed by atoms with E-state index < -0.39 is 0 Å². The van der Waals surface area contributed by atoms with Crippen LogP contribution < -0.4 is 9.47 Å². The topological polar surface area (TPSA) is 51.7 Å². The summed E-state index contributed by atoms with van der Waals surface area (Å²) < 4.78 is 24.5. The highest BCUT2D eigenvalue weighted by Crippen LogP contribution is 2.32. The third-order valence-corrected chi connectivity index (χ3v) is 6.03. The van der Waals surface area contributed by atoms with Crippen molar-refractivity contribution in [2.24, 2.45) is 5.92 Å². The van der Waals surface area contributed by atoms with Crippen LogP contribution in [-0.2, 0) is 6.42 Å². The van der Waals surface area contributed by atoms with Gasteiger partial charge < -0.3 is 14.4 Å². The van der Waals surface area contributed by atoms with Gasteiger partial charge in [0.15, 0.2) is 11.5 Å². The van der Waals surface area contributed by atoms with Gasteiger partial charge in [0.1, 0.15) is 11.5 Å². The van der Waals surface area contributed by atoms with Gasteiger partial charge in [-0.1, -0.05) is 32.0 Å². The quantitative estimate of drug-likeness (QED) is 0.420. The maximum Gasteiger partial charge on any atom is 0.274 e. The molecule has 2 aromatic carbocycles. The molecule has 0 aliphatic heterocycles. The van der Waals surface area contributed by atoms with E-state index in [9.17, 15) is 9.18 Å². The summed E-state index contributed by atoms with van der Waals surface area (Å²) in [5.41, 5.74) is 2.10. The molecule has 170 valence electrons. The average molecular weight is 457 g/mol. The predicted molar refractivity (Wildman–Crippen MR) is 126 cm³/mol. The highest BCUT2D eigenvalue weighted by molar-refractivity contribution is 7.15. The normalized spacial score (nSPS) is 11.0. The van der Waals surface area contributed by atoms with Crippen LogP contribution in [0.3, 0.4) is 0 Å². The van der Waals surface area contributed by atoms with Crippen LogP contribution in [-0.4, -0.2) is 43.1 Å². The summed E-state index contributed by atoms with van der Waals surface area (Å²) >= 11 is 1.41. The molecule has 0 spiro atoms. The molecular weight excluding hydrogens is 427 g/mol. The molecule has 0 fully saturated rings. The fraction of sp³-hybridized carbons (Fsp3) is 0.360. The Bertz CT molecular complexity index is 1080. The third-order valence-electron chi connectivity index (χ3n) is 5.01. The zero-order chi connectivity index (χ0) is 23.3. The molecule has 0 atom stereocenters. The lowest BCUT2D eigenvalue weighted by Crippen LogP contribution is -2.36. The number of amides is 1. The van der Waals surface area contributed by atoms with Gasteiger partial charge in [-0.2, -0.15) is 0 Å². The van der Waals surface area contributed by atoms with Crippen molar-refractivity contribution in [3.05, 3.63) is 64.5 Å². The number of hydrogen-bond donors (Lipinski definition) is 0. The van der Waals surface area contributed by atoms with Crippen molar-refractivity contribution in [2.45, 2.75) is 27.2 Å². The first-order valence-corrected chi connectivity index (χ1v) is 11.4.